The van der Waals surface area contributed by atoms with Gasteiger partial charge in [0.15, 0.2) is 0 Å². The van der Waals surface area contributed by atoms with Gasteiger partial charge in [0.25, 0.3) is 0 Å². The fourth-order valence-electron chi connectivity index (χ4n) is 2.60. The summed E-state index contributed by atoms with van der Waals surface area (Å²) in [6.07, 6.45) is 1.06. The molecule has 27 heavy (non-hydrogen) atoms. The Hall–Kier alpha value is -2.54. The monoisotopic (exact) mass is 390 g/mol. The summed E-state index contributed by atoms with van der Waals surface area (Å²) in [4.78, 5) is 12.5. The fourth-order valence-corrected chi connectivity index (χ4v) is 3.46. The van der Waals surface area contributed by atoms with Crippen LogP contribution in [0.5, 0.6) is 5.75 Å². The van der Waals surface area contributed by atoms with Gasteiger partial charge in [-0.2, -0.15) is 0 Å². The van der Waals surface area contributed by atoms with Gasteiger partial charge >= 0.3 is 0 Å². The molecule has 2 aromatic carbocycles. The molecule has 1 amide bonds. The number of anilines is 2. The molecule has 0 aliphatic carbocycles. The van der Waals surface area contributed by atoms with Crippen LogP contribution in [0.1, 0.15) is 26.3 Å². The number of methoxy groups -OCH3 is 1. The molecular weight excluding hydrogens is 364 g/mol. The van der Waals surface area contributed by atoms with Gasteiger partial charge in [-0.15, -0.1) is 0 Å². The van der Waals surface area contributed by atoms with Gasteiger partial charge in [-0.1, -0.05) is 45.0 Å². The third kappa shape index (κ3) is 5.47. The van der Waals surface area contributed by atoms with Crippen LogP contribution in [0, 0.1) is 0 Å². The summed E-state index contributed by atoms with van der Waals surface area (Å²) < 4.78 is 30.7. The van der Waals surface area contributed by atoms with Gasteiger partial charge in [0.2, 0.25) is 15.9 Å². The van der Waals surface area contributed by atoms with Crippen LogP contribution in [-0.2, 0) is 20.2 Å². The van der Waals surface area contributed by atoms with E-state index >= 15 is 0 Å². The minimum Gasteiger partial charge on any atom is -0.495 e. The van der Waals surface area contributed by atoms with E-state index in [2.05, 4.69) is 26.1 Å². The number of ether oxygens (including phenoxy) is 1. The van der Waals surface area contributed by atoms with E-state index in [-0.39, 0.29) is 12.0 Å². The number of rotatable bonds is 6. The number of nitrogens with one attached hydrogen (secondary N) is 1. The highest BCUT2D eigenvalue weighted by Crippen LogP contribution is 2.29. The third-order valence-electron chi connectivity index (χ3n) is 4.08. The topological polar surface area (TPSA) is 75.7 Å². The third-order valence-corrected chi connectivity index (χ3v) is 5.20. The van der Waals surface area contributed by atoms with Crippen LogP contribution in [-0.4, -0.2) is 34.2 Å². The van der Waals surface area contributed by atoms with E-state index in [1.807, 2.05) is 24.3 Å². The van der Waals surface area contributed by atoms with E-state index in [9.17, 15) is 13.2 Å². The molecule has 0 bridgehead atoms. The highest BCUT2D eigenvalue weighted by molar-refractivity contribution is 7.92. The Balaban J connectivity index is 2.20. The van der Waals surface area contributed by atoms with Crippen molar-refractivity contribution in [2.24, 2.45) is 0 Å². The predicted molar refractivity (Wildman–Crippen MR) is 109 cm³/mol. The first kappa shape index (κ1) is 20.8. The van der Waals surface area contributed by atoms with Gasteiger partial charge in [0, 0.05) is 5.69 Å². The van der Waals surface area contributed by atoms with E-state index in [0.29, 0.717) is 17.1 Å². The Morgan fingerprint density at radius 3 is 2.19 bits per heavy atom. The summed E-state index contributed by atoms with van der Waals surface area (Å²) in [5.41, 5.74) is 2.09. The lowest BCUT2D eigenvalue weighted by molar-refractivity contribution is -0.114. The second-order valence-electron chi connectivity index (χ2n) is 7.32. The highest BCUT2D eigenvalue weighted by Gasteiger charge is 2.24. The fraction of sp³-hybridized carbons (Fsp3) is 0.350. The summed E-state index contributed by atoms with van der Waals surface area (Å²) in [6, 6.07) is 14.2. The molecule has 0 radical (unpaired) electrons. The van der Waals surface area contributed by atoms with Gasteiger partial charge in [-0.3, -0.25) is 9.10 Å². The van der Waals surface area contributed by atoms with Crippen molar-refractivity contribution in [2.75, 3.05) is 29.5 Å². The number of sulfonamides is 1. The van der Waals surface area contributed by atoms with E-state index in [4.69, 9.17) is 4.74 Å². The summed E-state index contributed by atoms with van der Waals surface area (Å²) in [6.45, 7) is 5.98. The van der Waals surface area contributed by atoms with Crippen molar-refractivity contribution in [3.05, 3.63) is 54.1 Å². The zero-order valence-corrected chi connectivity index (χ0v) is 17.1. The standard InChI is InChI=1S/C20H26N2O4S/c1-20(2,3)15-10-12-16(13-11-15)21-19(23)14-22(27(5,24)25)17-8-6-7-9-18(17)26-4/h6-13H,14H2,1-5H3,(H,21,23). The number of amides is 1. The molecule has 146 valence electrons. The van der Waals surface area contributed by atoms with Gasteiger partial charge in [-0.05, 0) is 35.2 Å². The maximum atomic E-state index is 12.5. The Kier molecular flexibility index (Phi) is 6.15. The molecule has 0 atom stereocenters. The number of benzene rings is 2. The molecule has 0 heterocycles. The molecule has 7 heteroatoms. The van der Waals surface area contributed by atoms with Crippen molar-refractivity contribution in [3.63, 3.8) is 0 Å². The van der Waals surface area contributed by atoms with E-state index < -0.39 is 15.9 Å². The Morgan fingerprint density at radius 1 is 1.07 bits per heavy atom. The average Bonchev–Trinajstić information content (AvgIpc) is 2.58. The van der Waals surface area contributed by atoms with Gasteiger partial charge in [0.1, 0.15) is 12.3 Å². The second-order valence-corrected chi connectivity index (χ2v) is 9.22. The van der Waals surface area contributed by atoms with E-state index in [0.717, 1.165) is 16.1 Å². The minimum absolute atomic E-state index is 0.0134. The summed E-state index contributed by atoms with van der Waals surface area (Å²) >= 11 is 0. The molecule has 0 saturated heterocycles. The summed E-state index contributed by atoms with van der Waals surface area (Å²) in [5, 5.41) is 2.74. The average molecular weight is 391 g/mol. The second kappa shape index (κ2) is 8.00. The van der Waals surface area contributed by atoms with Crippen LogP contribution in [0.4, 0.5) is 11.4 Å². The molecule has 0 aliphatic heterocycles. The van der Waals surface area contributed by atoms with Crippen molar-refractivity contribution in [3.8, 4) is 5.75 Å². The molecule has 0 aromatic heterocycles. The molecule has 0 fully saturated rings. The van der Waals surface area contributed by atoms with E-state index in [1.165, 1.54) is 7.11 Å². The van der Waals surface area contributed by atoms with Crippen LogP contribution >= 0.6 is 0 Å². The van der Waals surface area contributed by atoms with Gasteiger partial charge in [0.05, 0.1) is 19.1 Å². The Bertz CT molecular complexity index is 900. The quantitative estimate of drug-likeness (QED) is 0.820. The van der Waals surface area contributed by atoms with Crippen molar-refractivity contribution in [2.45, 2.75) is 26.2 Å². The number of nitrogens with zero attached hydrogens (tertiary/aromatic N) is 1. The largest absolute Gasteiger partial charge is 0.495 e. The number of para-hydroxylation sites is 2. The molecule has 1 N–H and O–H groups in total. The maximum Gasteiger partial charge on any atom is 0.245 e. The first-order chi connectivity index (χ1) is 12.5. The number of carbonyl (C=O) groups is 1. The molecule has 0 aliphatic rings. The summed E-state index contributed by atoms with van der Waals surface area (Å²) in [5.74, 6) is -0.0555. The van der Waals surface area contributed by atoms with Crippen LogP contribution in [0.3, 0.4) is 0 Å². The van der Waals surface area contributed by atoms with Crippen molar-refractivity contribution < 1.29 is 17.9 Å². The SMILES string of the molecule is COc1ccccc1N(CC(=O)Nc1ccc(C(C)(C)C)cc1)S(C)(=O)=O. The number of hydrogen-bond acceptors (Lipinski definition) is 4. The van der Waals surface area contributed by atoms with Crippen LogP contribution < -0.4 is 14.4 Å². The predicted octanol–water partition coefficient (Wildman–Crippen LogP) is 3.40. The van der Waals surface area contributed by atoms with E-state index in [1.54, 1.807) is 24.3 Å². The molecule has 0 unspecified atom stereocenters. The zero-order chi connectivity index (χ0) is 20.2. The summed E-state index contributed by atoms with van der Waals surface area (Å²) in [7, 11) is -2.22. The molecule has 0 saturated carbocycles. The van der Waals surface area contributed by atoms with Gasteiger partial charge < -0.3 is 10.1 Å². The zero-order valence-electron chi connectivity index (χ0n) is 16.3. The van der Waals surface area contributed by atoms with Crippen molar-refractivity contribution in [1.82, 2.24) is 0 Å². The smallest absolute Gasteiger partial charge is 0.245 e. The van der Waals surface area contributed by atoms with Crippen molar-refractivity contribution >= 4 is 27.3 Å². The highest BCUT2D eigenvalue weighted by atomic mass is 32.2. The van der Waals surface area contributed by atoms with Crippen LogP contribution in [0.15, 0.2) is 48.5 Å². The lowest BCUT2D eigenvalue weighted by Crippen LogP contribution is -2.37. The first-order valence-electron chi connectivity index (χ1n) is 8.53. The Morgan fingerprint density at radius 2 is 1.67 bits per heavy atom. The molecular formula is C20H26N2O4S. The van der Waals surface area contributed by atoms with Gasteiger partial charge in [-0.25, -0.2) is 8.42 Å². The number of carbonyl (C=O) groups excluding carboxylic acids is 1. The normalized spacial score (nSPS) is 11.7. The molecule has 2 rings (SSSR count). The lowest BCUT2D eigenvalue weighted by atomic mass is 9.87. The molecule has 2 aromatic rings. The minimum atomic E-state index is -3.67. The van der Waals surface area contributed by atoms with Crippen LogP contribution in [0.25, 0.3) is 0 Å². The van der Waals surface area contributed by atoms with Crippen molar-refractivity contribution in [1.29, 1.82) is 0 Å². The van der Waals surface area contributed by atoms with Crippen LogP contribution in [0.2, 0.25) is 0 Å². The molecule has 6 nitrogen and oxygen atoms in total. The first-order valence-corrected chi connectivity index (χ1v) is 10.4. The number of hydrogen-bond donors (Lipinski definition) is 1. The molecule has 0 spiro atoms. The maximum absolute atomic E-state index is 12.5. The Labute approximate surface area is 161 Å². The lowest BCUT2D eigenvalue weighted by Gasteiger charge is -2.24.